The number of nitrogens with one attached hydrogen (secondary N) is 1. The van der Waals surface area contributed by atoms with Crippen LogP contribution in [0.25, 0.3) is 0 Å². The van der Waals surface area contributed by atoms with Crippen LogP contribution in [-0.4, -0.2) is 36.5 Å². The van der Waals surface area contributed by atoms with E-state index in [2.05, 4.69) is 10.2 Å². The number of hydrogen-bond acceptors (Lipinski definition) is 4. The highest BCUT2D eigenvalue weighted by Gasteiger charge is 2.22. The van der Waals surface area contributed by atoms with E-state index in [0.29, 0.717) is 10.8 Å². The van der Waals surface area contributed by atoms with Crippen LogP contribution in [0.4, 0.5) is 0 Å². The molecule has 0 saturated heterocycles. The van der Waals surface area contributed by atoms with Gasteiger partial charge in [0.2, 0.25) is 0 Å². The smallest absolute Gasteiger partial charge is 0.252 e. The molecule has 0 bridgehead atoms. The molecule has 2 aromatic heterocycles. The standard InChI is InChI=1S/C14H21N3O2S2/c1-10-8-14(20-9-10)21(18,19)17(4)7-5-6-13-11(2)15-16-12(13)3/h8-9H,5-7H2,1-4H3,(H,15,16). The molecule has 0 amide bonds. The number of thiophene rings is 1. The van der Waals surface area contributed by atoms with Crippen molar-refractivity contribution in [2.75, 3.05) is 13.6 Å². The third-order valence-electron chi connectivity index (χ3n) is 3.55. The number of hydrogen-bond donors (Lipinski definition) is 1. The molecule has 0 saturated carbocycles. The molecule has 0 radical (unpaired) electrons. The van der Waals surface area contributed by atoms with E-state index in [1.54, 1.807) is 13.1 Å². The van der Waals surface area contributed by atoms with Crippen LogP contribution in [0, 0.1) is 20.8 Å². The van der Waals surface area contributed by atoms with Crippen LogP contribution in [0.15, 0.2) is 15.7 Å². The lowest BCUT2D eigenvalue weighted by Gasteiger charge is -2.15. The van der Waals surface area contributed by atoms with E-state index in [1.807, 2.05) is 26.2 Å². The van der Waals surface area contributed by atoms with Crippen LogP contribution in [0.1, 0.15) is 28.9 Å². The number of sulfonamides is 1. The number of aryl methyl sites for hydroxylation is 3. The van der Waals surface area contributed by atoms with Gasteiger partial charge in [-0.1, -0.05) is 0 Å². The Morgan fingerprint density at radius 1 is 1.33 bits per heavy atom. The second kappa shape index (κ2) is 6.29. The molecular formula is C14H21N3O2S2. The molecule has 7 heteroatoms. The average Bonchev–Trinajstić information content (AvgIpc) is 2.99. The van der Waals surface area contributed by atoms with Gasteiger partial charge in [-0.2, -0.15) is 5.10 Å². The van der Waals surface area contributed by atoms with Crippen molar-refractivity contribution < 1.29 is 8.42 Å². The predicted molar refractivity (Wildman–Crippen MR) is 85.3 cm³/mol. The lowest BCUT2D eigenvalue weighted by atomic mass is 10.1. The van der Waals surface area contributed by atoms with E-state index < -0.39 is 10.0 Å². The van der Waals surface area contributed by atoms with Gasteiger partial charge in [0.1, 0.15) is 4.21 Å². The van der Waals surface area contributed by atoms with Gasteiger partial charge in [0, 0.05) is 19.3 Å². The number of rotatable bonds is 6. The zero-order chi connectivity index (χ0) is 15.6. The normalized spacial score (nSPS) is 12.2. The maximum atomic E-state index is 12.4. The Hall–Kier alpha value is -1.18. The molecule has 2 heterocycles. The molecule has 0 unspecified atom stereocenters. The van der Waals surface area contributed by atoms with Crippen molar-refractivity contribution in [2.24, 2.45) is 0 Å². The van der Waals surface area contributed by atoms with Crippen LogP contribution < -0.4 is 0 Å². The van der Waals surface area contributed by atoms with Gasteiger partial charge in [-0.15, -0.1) is 11.3 Å². The molecule has 5 nitrogen and oxygen atoms in total. The SMILES string of the molecule is Cc1csc(S(=O)(=O)N(C)CCCc2c(C)n[nH]c2C)c1. The molecule has 0 aromatic carbocycles. The number of aromatic amines is 1. The van der Waals surface area contributed by atoms with Gasteiger partial charge in [-0.3, -0.25) is 5.10 Å². The summed E-state index contributed by atoms with van der Waals surface area (Å²) in [5.41, 5.74) is 4.23. The fourth-order valence-electron chi connectivity index (χ4n) is 2.23. The van der Waals surface area contributed by atoms with Crippen LogP contribution in [-0.2, 0) is 16.4 Å². The average molecular weight is 327 g/mol. The fourth-order valence-corrected chi connectivity index (χ4v) is 4.88. The van der Waals surface area contributed by atoms with Crippen molar-refractivity contribution in [3.05, 3.63) is 34.0 Å². The molecule has 2 aromatic rings. The number of nitrogens with zero attached hydrogens (tertiary/aromatic N) is 2. The highest BCUT2D eigenvalue weighted by atomic mass is 32.2. The van der Waals surface area contributed by atoms with Crippen molar-refractivity contribution in [1.29, 1.82) is 0 Å². The highest BCUT2D eigenvalue weighted by Crippen LogP contribution is 2.23. The Morgan fingerprint density at radius 3 is 2.57 bits per heavy atom. The summed E-state index contributed by atoms with van der Waals surface area (Å²) in [4.78, 5) is 0. The Bertz CT molecular complexity index is 697. The lowest BCUT2D eigenvalue weighted by molar-refractivity contribution is 0.462. The van der Waals surface area contributed by atoms with Crippen molar-refractivity contribution in [1.82, 2.24) is 14.5 Å². The first-order chi connectivity index (χ1) is 9.82. The summed E-state index contributed by atoms with van der Waals surface area (Å²) in [6.07, 6.45) is 1.61. The summed E-state index contributed by atoms with van der Waals surface area (Å²) in [5.74, 6) is 0. The van der Waals surface area contributed by atoms with E-state index in [4.69, 9.17) is 0 Å². The first-order valence-corrected chi connectivity index (χ1v) is 9.16. The molecule has 0 aliphatic heterocycles. The molecule has 0 atom stereocenters. The Morgan fingerprint density at radius 2 is 2.05 bits per heavy atom. The van der Waals surface area contributed by atoms with Crippen LogP contribution in [0.2, 0.25) is 0 Å². The molecule has 0 spiro atoms. The quantitative estimate of drug-likeness (QED) is 0.887. The fraction of sp³-hybridized carbons (Fsp3) is 0.500. The molecule has 2 rings (SSSR count). The van der Waals surface area contributed by atoms with Crippen LogP contribution in [0.3, 0.4) is 0 Å². The van der Waals surface area contributed by atoms with E-state index in [-0.39, 0.29) is 0 Å². The highest BCUT2D eigenvalue weighted by molar-refractivity contribution is 7.91. The topological polar surface area (TPSA) is 66.1 Å². The van der Waals surface area contributed by atoms with Crippen molar-refractivity contribution in [2.45, 2.75) is 37.8 Å². The summed E-state index contributed by atoms with van der Waals surface area (Å²) < 4.78 is 26.6. The molecule has 116 valence electrons. The Labute approximate surface area is 130 Å². The maximum absolute atomic E-state index is 12.4. The zero-order valence-electron chi connectivity index (χ0n) is 12.8. The van der Waals surface area contributed by atoms with Crippen LogP contribution >= 0.6 is 11.3 Å². The summed E-state index contributed by atoms with van der Waals surface area (Å²) in [6, 6.07) is 1.72. The van der Waals surface area contributed by atoms with Gasteiger partial charge in [-0.05, 0) is 56.2 Å². The molecule has 1 N–H and O–H groups in total. The molecule has 0 fully saturated rings. The Kier molecular flexibility index (Phi) is 4.85. The first kappa shape index (κ1) is 16.2. The summed E-state index contributed by atoms with van der Waals surface area (Å²) in [5, 5.41) is 8.97. The third kappa shape index (κ3) is 3.53. The molecule has 21 heavy (non-hydrogen) atoms. The van der Waals surface area contributed by atoms with Crippen molar-refractivity contribution >= 4 is 21.4 Å². The minimum Gasteiger partial charge on any atom is -0.282 e. The minimum atomic E-state index is -3.35. The number of aromatic nitrogens is 2. The van der Waals surface area contributed by atoms with Crippen molar-refractivity contribution in [3.8, 4) is 0 Å². The first-order valence-electron chi connectivity index (χ1n) is 6.84. The monoisotopic (exact) mass is 327 g/mol. The van der Waals surface area contributed by atoms with Crippen molar-refractivity contribution in [3.63, 3.8) is 0 Å². The zero-order valence-corrected chi connectivity index (χ0v) is 14.4. The molecule has 0 aliphatic carbocycles. The maximum Gasteiger partial charge on any atom is 0.252 e. The largest absolute Gasteiger partial charge is 0.282 e. The van der Waals surface area contributed by atoms with E-state index in [0.717, 1.165) is 29.8 Å². The third-order valence-corrected chi connectivity index (χ3v) is 6.94. The van der Waals surface area contributed by atoms with Gasteiger partial charge < -0.3 is 0 Å². The van der Waals surface area contributed by atoms with Gasteiger partial charge in [0.05, 0.1) is 5.69 Å². The lowest BCUT2D eigenvalue weighted by Crippen LogP contribution is -2.27. The van der Waals surface area contributed by atoms with Gasteiger partial charge in [0.25, 0.3) is 10.0 Å². The van der Waals surface area contributed by atoms with Gasteiger partial charge >= 0.3 is 0 Å². The van der Waals surface area contributed by atoms with E-state index in [9.17, 15) is 8.42 Å². The van der Waals surface area contributed by atoms with Crippen LogP contribution in [0.5, 0.6) is 0 Å². The second-order valence-corrected chi connectivity index (χ2v) is 8.47. The van der Waals surface area contributed by atoms with E-state index >= 15 is 0 Å². The van der Waals surface area contributed by atoms with E-state index in [1.165, 1.54) is 21.2 Å². The predicted octanol–water partition coefficient (Wildman–Crippen LogP) is 2.65. The van der Waals surface area contributed by atoms with Gasteiger partial charge in [-0.25, -0.2) is 12.7 Å². The van der Waals surface area contributed by atoms with Gasteiger partial charge in [0.15, 0.2) is 0 Å². The molecular weight excluding hydrogens is 306 g/mol. The minimum absolute atomic E-state index is 0.415. The molecule has 0 aliphatic rings. The summed E-state index contributed by atoms with van der Waals surface area (Å²) in [6.45, 7) is 6.36. The number of H-pyrrole nitrogens is 1. The summed E-state index contributed by atoms with van der Waals surface area (Å²) >= 11 is 1.28. The Balaban J connectivity index is 1.97. The second-order valence-electron chi connectivity index (χ2n) is 5.29. The summed E-state index contributed by atoms with van der Waals surface area (Å²) in [7, 11) is -1.71.